The Kier molecular flexibility index (Phi) is 7.04. The van der Waals surface area contributed by atoms with Gasteiger partial charge in [0.15, 0.2) is 0 Å². The second-order valence-electron chi connectivity index (χ2n) is 5.42. The highest BCUT2D eigenvalue weighted by atomic mass is 14.2. The Labute approximate surface area is 118 Å². The Bertz CT molecular complexity index is 458. The van der Waals surface area contributed by atoms with Gasteiger partial charge in [0, 0.05) is 0 Å². The van der Waals surface area contributed by atoms with Gasteiger partial charge in [0.05, 0.1) is 0 Å². The molecule has 0 amide bonds. The van der Waals surface area contributed by atoms with Crippen molar-refractivity contribution in [1.82, 2.24) is 0 Å². The molecule has 0 heterocycles. The predicted molar refractivity (Wildman–Crippen MR) is 85.1 cm³/mol. The average Bonchev–Trinajstić information content (AvgIpc) is 2.44. The van der Waals surface area contributed by atoms with E-state index in [1.54, 1.807) is 5.57 Å². The second-order valence-corrected chi connectivity index (χ2v) is 5.42. The third kappa shape index (κ3) is 6.30. The van der Waals surface area contributed by atoms with Crippen LogP contribution in [0.15, 0.2) is 59.1 Å². The molecule has 0 heteroatoms. The summed E-state index contributed by atoms with van der Waals surface area (Å²) in [5, 5.41) is 0. The van der Waals surface area contributed by atoms with Crippen LogP contribution in [0.4, 0.5) is 0 Å². The smallest absolute Gasteiger partial charge is 0.00207 e. The fourth-order valence-corrected chi connectivity index (χ4v) is 2.32. The normalized spacial score (nSPS) is 19.0. The Morgan fingerprint density at radius 1 is 1.53 bits per heavy atom. The molecule has 0 radical (unpaired) electrons. The van der Waals surface area contributed by atoms with E-state index in [-0.39, 0.29) is 0 Å². The second kappa shape index (κ2) is 8.59. The third-order valence-electron chi connectivity index (χ3n) is 3.77. The molecule has 0 bridgehead atoms. The van der Waals surface area contributed by atoms with Crippen molar-refractivity contribution in [2.45, 2.75) is 52.9 Å². The maximum Gasteiger partial charge on any atom is -0.00207 e. The van der Waals surface area contributed by atoms with E-state index >= 15 is 0 Å². The molecule has 102 valence electrons. The van der Waals surface area contributed by atoms with E-state index in [0.717, 1.165) is 17.9 Å². The molecule has 1 aliphatic rings. The third-order valence-corrected chi connectivity index (χ3v) is 3.77. The van der Waals surface area contributed by atoms with Crippen LogP contribution >= 0.6 is 0 Å². The molecule has 19 heavy (non-hydrogen) atoms. The van der Waals surface area contributed by atoms with Crippen molar-refractivity contribution < 1.29 is 0 Å². The monoisotopic (exact) mass is 254 g/mol. The van der Waals surface area contributed by atoms with E-state index in [1.807, 2.05) is 13.0 Å². The van der Waals surface area contributed by atoms with Crippen LogP contribution in [0.1, 0.15) is 52.9 Å². The zero-order valence-electron chi connectivity index (χ0n) is 12.6. The van der Waals surface area contributed by atoms with E-state index in [4.69, 9.17) is 0 Å². The summed E-state index contributed by atoms with van der Waals surface area (Å²) < 4.78 is 0. The van der Waals surface area contributed by atoms with E-state index in [1.165, 1.54) is 31.3 Å². The summed E-state index contributed by atoms with van der Waals surface area (Å²) in [6.45, 7) is 9.99. The molecule has 0 spiro atoms. The summed E-state index contributed by atoms with van der Waals surface area (Å²) in [6, 6.07) is 0. The van der Waals surface area contributed by atoms with Crippen LogP contribution in [-0.4, -0.2) is 0 Å². The van der Waals surface area contributed by atoms with Crippen LogP contribution in [-0.2, 0) is 0 Å². The van der Waals surface area contributed by atoms with Crippen molar-refractivity contribution >= 4 is 0 Å². The van der Waals surface area contributed by atoms with Crippen LogP contribution in [0.3, 0.4) is 0 Å². The summed E-state index contributed by atoms with van der Waals surface area (Å²) in [4.78, 5) is 0. The molecular formula is C19H26. The maximum atomic E-state index is 3.61. The van der Waals surface area contributed by atoms with E-state index < -0.39 is 0 Å². The summed E-state index contributed by atoms with van der Waals surface area (Å²) in [5.74, 6) is 0.835. The quantitative estimate of drug-likeness (QED) is 0.325. The zero-order valence-corrected chi connectivity index (χ0v) is 12.6. The Morgan fingerprint density at radius 3 is 2.89 bits per heavy atom. The molecule has 1 aliphatic carbocycles. The molecule has 1 atom stereocenters. The van der Waals surface area contributed by atoms with Gasteiger partial charge in [-0.3, -0.25) is 0 Å². The molecule has 0 saturated heterocycles. The first-order chi connectivity index (χ1) is 9.15. The molecule has 0 aromatic carbocycles. The van der Waals surface area contributed by atoms with Gasteiger partial charge < -0.3 is 0 Å². The van der Waals surface area contributed by atoms with E-state index in [2.05, 4.69) is 50.1 Å². The van der Waals surface area contributed by atoms with Crippen molar-refractivity contribution in [1.29, 1.82) is 0 Å². The van der Waals surface area contributed by atoms with Gasteiger partial charge in [-0.25, -0.2) is 0 Å². The first kappa shape index (κ1) is 15.6. The van der Waals surface area contributed by atoms with Crippen molar-refractivity contribution in [2.24, 2.45) is 5.92 Å². The average molecular weight is 254 g/mol. The molecule has 1 unspecified atom stereocenters. The largest absolute Gasteiger partial charge is 0.125 e. The number of allylic oxidation sites excluding steroid dienone is 6. The summed E-state index contributed by atoms with van der Waals surface area (Å²) in [6.07, 6.45) is 14.8. The van der Waals surface area contributed by atoms with Crippen molar-refractivity contribution in [3.8, 4) is 0 Å². The maximum absolute atomic E-state index is 3.61. The van der Waals surface area contributed by atoms with Gasteiger partial charge in [-0.1, -0.05) is 29.9 Å². The van der Waals surface area contributed by atoms with Crippen molar-refractivity contribution in [3.05, 3.63) is 59.1 Å². The molecular weight excluding hydrogens is 228 g/mol. The summed E-state index contributed by atoms with van der Waals surface area (Å²) >= 11 is 0. The SMILES string of the molecule is C=C=C(C)C=C=CCC(=CC)CC1CC=C(C)CC1. The highest BCUT2D eigenvalue weighted by molar-refractivity contribution is 5.15. The fraction of sp³-hybridized carbons (Fsp3) is 0.474. The zero-order chi connectivity index (χ0) is 14.1. The number of hydrogen-bond acceptors (Lipinski definition) is 0. The van der Waals surface area contributed by atoms with Gasteiger partial charge in [-0.05, 0) is 76.5 Å². The van der Waals surface area contributed by atoms with Crippen LogP contribution in [0.2, 0.25) is 0 Å². The summed E-state index contributed by atoms with van der Waals surface area (Å²) in [5.41, 5.74) is 10.2. The lowest BCUT2D eigenvalue weighted by atomic mass is 9.85. The van der Waals surface area contributed by atoms with Gasteiger partial charge in [0.25, 0.3) is 0 Å². The fourth-order valence-electron chi connectivity index (χ4n) is 2.32. The van der Waals surface area contributed by atoms with Crippen molar-refractivity contribution in [2.75, 3.05) is 0 Å². The number of rotatable bonds is 5. The first-order valence-electron chi connectivity index (χ1n) is 7.23. The van der Waals surface area contributed by atoms with Gasteiger partial charge in [0.1, 0.15) is 0 Å². The molecule has 0 saturated carbocycles. The molecule has 0 aliphatic heterocycles. The highest BCUT2D eigenvalue weighted by Crippen LogP contribution is 2.29. The minimum absolute atomic E-state index is 0.835. The van der Waals surface area contributed by atoms with Crippen molar-refractivity contribution in [3.63, 3.8) is 0 Å². The van der Waals surface area contributed by atoms with Gasteiger partial charge in [-0.2, -0.15) is 0 Å². The van der Waals surface area contributed by atoms with Crippen LogP contribution < -0.4 is 0 Å². The molecule has 0 nitrogen and oxygen atoms in total. The minimum Gasteiger partial charge on any atom is -0.125 e. The number of hydrogen-bond donors (Lipinski definition) is 0. The molecule has 0 aromatic heterocycles. The first-order valence-corrected chi connectivity index (χ1v) is 7.23. The molecule has 0 fully saturated rings. The van der Waals surface area contributed by atoms with Crippen LogP contribution in [0.5, 0.6) is 0 Å². The van der Waals surface area contributed by atoms with Crippen LogP contribution in [0.25, 0.3) is 0 Å². The Hall–Kier alpha value is -1.48. The van der Waals surface area contributed by atoms with E-state index in [9.17, 15) is 0 Å². The topological polar surface area (TPSA) is 0 Å². The lowest BCUT2D eigenvalue weighted by Crippen LogP contribution is -2.05. The van der Waals surface area contributed by atoms with Gasteiger partial charge >= 0.3 is 0 Å². The Balaban J connectivity index is 2.47. The molecule has 1 rings (SSSR count). The minimum atomic E-state index is 0.835. The van der Waals surface area contributed by atoms with E-state index in [0.29, 0.717) is 0 Å². The predicted octanol–water partition coefficient (Wildman–Crippen LogP) is 5.90. The van der Waals surface area contributed by atoms with Gasteiger partial charge in [0.2, 0.25) is 0 Å². The molecule has 0 aromatic rings. The lowest BCUT2D eigenvalue weighted by molar-refractivity contribution is 0.463. The standard InChI is InChI=1S/C19H26/c1-5-16(3)9-7-8-10-18(6-2)15-19-13-11-17(4)12-14-19/h6,8-9,11,19H,1,10,12-15H2,2-4H3. The van der Waals surface area contributed by atoms with Gasteiger partial charge in [-0.15, -0.1) is 11.5 Å². The lowest BCUT2D eigenvalue weighted by Gasteiger charge is -2.21. The Morgan fingerprint density at radius 2 is 2.32 bits per heavy atom. The summed E-state index contributed by atoms with van der Waals surface area (Å²) in [7, 11) is 0. The molecule has 0 N–H and O–H groups in total. The highest BCUT2D eigenvalue weighted by Gasteiger charge is 2.13. The van der Waals surface area contributed by atoms with Crippen LogP contribution in [0, 0.1) is 5.92 Å².